The molecule has 0 radical (unpaired) electrons. The molecule has 3 rings (SSSR count). The van der Waals surface area contributed by atoms with Crippen LogP contribution in [0.2, 0.25) is 10.0 Å². The zero-order valence-corrected chi connectivity index (χ0v) is 16.3. The van der Waals surface area contributed by atoms with Gasteiger partial charge in [0.1, 0.15) is 11.5 Å². The summed E-state index contributed by atoms with van der Waals surface area (Å²) in [5.41, 5.74) is -3.24. The van der Waals surface area contributed by atoms with Gasteiger partial charge in [-0.3, -0.25) is 0 Å². The van der Waals surface area contributed by atoms with Gasteiger partial charge in [0.15, 0.2) is 11.5 Å². The maximum absolute atomic E-state index is 13.6. The molecule has 0 aromatic carbocycles. The van der Waals surface area contributed by atoms with Crippen molar-refractivity contribution in [1.82, 2.24) is 19.7 Å². The van der Waals surface area contributed by atoms with Crippen LogP contribution in [0.3, 0.4) is 0 Å². The van der Waals surface area contributed by atoms with Crippen molar-refractivity contribution in [3.63, 3.8) is 0 Å². The lowest BCUT2D eigenvalue weighted by Crippen LogP contribution is -2.18. The molecule has 0 spiro atoms. The van der Waals surface area contributed by atoms with Crippen molar-refractivity contribution >= 4 is 51.5 Å². The molecule has 13 heteroatoms. The molecule has 0 saturated heterocycles. The molecule has 0 amide bonds. The van der Waals surface area contributed by atoms with Gasteiger partial charge in [-0.15, -0.1) is 0 Å². The minimum absolute atomic E-state index is 0.00665. The highest BCUT2D eigenvalue weighted by molar-refractivity contribution is 6.35. The molecule has 0 aliphatic heterocycles. The van der Waals surface area contributed by atoms with Crippen molar-refractivity contribution in [3.8, 4) is 5.82 Å². The van der Waals surface area contributed by atoms with E-state index in [-0.39, 0.29) is 21.7 Å². The van der Waals surface area contributed by atoms with Crippen molar-refractivity contribution in [2.45, 2.75) is 11.6 Å². The van der Waals surface area contributed by atoms with Crippen LogP contribution in [0, 0.1) is 0 Å². The number of aromatic nitrogens is 4. The Morgan fingerprint density at radius 2 is 1.71 bits per heavy atom. The lowest BCUT2D eigenvalue weighted by atomic mass is 10.2. The first kappa shape index (κ1) is 20.8. The highest BCUT2D eigenvalue weighted by Crippen LogP contribution is 2.42. The second kappa shape index (κ2) is 6.85. The molecule has 3 aromatic rings. The second-order valence-electron chi connectivity index (χ2n) is 5.83. The van der Waals surface area contributed by atoms with Gasteiger partial charge in [0.25, 0.3) is 0 Å². The number of hydrogen-bond donors (Lipinski definition) is 0. The maximum atomic E-state index is 13.6. The number of pyridine rings is 2. The summed E-state index contributed by atoms with van der Waals surface area (Å²) in [4.78, 5) is 8.35. The van der Waals surface area contributed by atoms with Gasteiger partial charge in [0.05, 0.1) is 20.9 Å². The van der Waals surface area contributed by atoms with Crippen LogP contribution in [0.25, 0.3) is 16.7 Å². The standard InChI is InChI=1S/C15H9Cl3F5N5/c1-27(2)13-10-8(26-28(13)12-7(17)3-6(16)5-24-12)4-9(14(18,19)20)25-11(10)15(21,22)23/h3-5H,1-2H3. The van der Waals surface area contributed by atoms with Crippen LogP contribution >= 0.6 is 34.8 Å². The van der Waals surface area contributed by atoms with Crippen LogP contribution in [-0.2, 0) is 11.6 Å². The summed E-state index contributed by atoms with van der Waals surface area (Å²) in [7, 11) is 2.89. The van der Waals surface area contributed by atoms with Gasteiger partial charge in [0.2, 0.25) is 0 Å². The molecule has 0 fully saturated rings. The van der Waals surface area contributed by atoms with Crippen LogP contribution in [-0.4, -0.2) is 33.8 Å². The molecule has 5 nitrogen and oxygen atoms in total. The van der Waals surface area contributed by atoms with E-state index < -0.39 is 33.8 Å². The normalized spacial score (nSPS) is 12.6. The van der Waals surface area contributed by atoms with E-state index in [1.807, 2.05) is 0 Å². The fraction of sp³-hybridized carbons (Fsp3) is 0.267. The Balaban J connectivity index is 2.47. The summed E-state index contributed by atoms with van der Waals surface area (Å²) in [5.74, 6) is -0.158. The highest BCUT2D eigenvalue weighted by Gasteiger charge is 2.41. The molecule has 0 unspecified atom stereocenters. The number of alkyl halides is 6. The van der Waals surface area contributed by atoms with E-state index in [0.717, 1.165) is 4.68 Å². The third kappa shape index (κ3) is 3.68. The highest BCUT2D eigenvalue weighted by atomic mass is 35.5. The Bertz CT molecular complexity index is 1060. The molecule has 0 saturated carbocycles. The Kier molecular flexibility index (Phi) is 5.10. The first-order valence-corrected chi connectivity index (χ1v) is 8.51. The first-order valence-electron chi connectivity index (χ1n) is 7.37. The molecular weight excluding hydrogens is 452 g/mol. The topological polar surface area (TPSA) is 46.8 Å². The van der Waals surface area contributed by atoms with Gasteiger partial charge in [-0.05, 0) is 23.7 Å². The monoisotopic (exact) mass is 459 g/mol. The quantitative estimate of drug-likeness (QED) is 0.383. The third-order valence-corrected chi connectivity index (χ3v) is 4.28. The molecule has 0 aliphatic carbocycles. The Morgan fingerprint density at radius 1 is 1.07 bits per heavy atom. The van der Waals surface area contributed by atoms with Crippen molar-refractivity contribution in [2.75, 3.05) is 19.0 Å². The molecule has 150 valence electrons. The first-order chi connectivity index (χ1) is 12.8. The molecule has 0 bridgehead atoms. The SMILES string of the molecule is CN(C)c1c2c(C(F)(F)F)nc(C(F)(F)Cl)cc2nn1-c1ncc(Cl)cc1Cl. The van der Waals surface area contributed by atoms with E-state index in [4.69, 9.17) is 34.8 Å². The maximum Gasteiger partial charge on any atom is 0.434 e. The molecule has 28 heavy (non-hydrogen) atoms. The molecule has 0 N–H and O–H groups in total. The van der Waals surface area contributed by atoms with Crippen molar-refractivity contribution in [2.24, 2.45) is 0 Å². The zero-order chi connectivity index (χ0) is 21.0. The predicted octanol–water partition coefficient (Wildman–Crippen LogP) is 5.50. The van der Waals surface area contributed by atoms with E-state index in [1.54, 1.807) is 0 Å². The van der Waals surface area contributed by atoms with Crippen molar-refractivity contribution in [1.29, 1.82) is 0 Å². The van der Waals surface area contributed by atoms with Gasteiger partial charge in [-0.2, -0.15) is 31.7 Å². The minimum atomic E-state index is -5.05. The second-order valence-corrected chi connectivity index (χ2v) is 7.15. The summed E-state index contributed by atoms with van der Waals surface area (Å²) < 4.78 is 68.8. The van der Waals surface area contributed by atoms with Crippen LogP contribution in [0.4, 0.5) is 27.8 Å². The lowest BCUT2D eigenvalue weighted by molar-refractivity contribution is -0.140. The molecular formula is C15H9Cl3F5N5. The van der Waals surface area contributed by atoms with Gasteiger partial charge in [-0.1, -0.05) is 23.2 Å². The molecule has 3 heterocycles. The fourth-order valence-corrected chi connectivity index (χ4v) is 3.12. The van der Waals surface area contributed by atoms with E-state index in [2.05, 4.69) is 15.1 Å². The zero-order valence-electron chi connectivity index (χ0n) is 14.0. The van der Waals surface area contributed by atoms with Crippen LogP contribution < -0.4 is 4.90 Å². The Labute approximate surface area is 169 Å². The van der Waals surface area contributed by atoms with Crippen molar-refractivity contribution < 1.29 is 22.0 Å². The number of nitrogens with zero attached hydrogens (tertiary/aromatic N) is 5. The fourth-order valence-electron chi connectivity index (χ4n) is 2.57. The summed E-state index contributed by atoms with van der Waals surface area (Å²) in [5, 5.41) is -0.441. The van der Waals surface area contributed by atoms with E-state index in [0.29, 0.717) is 6.07 Å². The summed E-state index contributed by atoms with van der Waals surface area (Å²) in [6.45, 7) is 0. The number of rotatable bonds is 3. The summed E-state index contributed by atoms with van der Waals surface area (Å²) in [6, 6.07) is 2.00. The van der Waals surface area contributed by atoms with Crippen LogP contribution in [0.5, 0.6) is 0 Å². The average molecular weight is 461 g/mol. The van der Waals surface area contributed by atoms with E-state index in [1.165, 1.54) is 31.3 Å². The largest absolute Gasteiger partial charge is 0.434 e. The third-order valence-electron chi connectivity index (χ3n) is 3.60. The smallest absolute Gasteiger partial charge is 0.362 e. The lowest BCUT2D eigenvalue weighted by Gasteiger charge is -2.17. The van der Waals surface area contributed by atoms with Gasteiger partial charge in [-0.25, -0.2) is 9.97 Å². The number of anilines is 1. The number of hydrogen-bond acceptors (Lipinski definition) is 4. The molecule has 0 atom stereocenters. The van der Waals surface area contributed by atoms with E-state index >= 15 is 0 Å². The number of fused-ring (bicyclic) bond motifs is 1. The van der Waals surface area contributed by atoms with Gasteiger partial charge < -0.3 is 4.90 Å². The Morgan fingerprint density at radius 3 is 2.21 bits per heavy atom. The van der Waals surface area contributed by atoms with Crippen molar-refractivity contribution in [3.05, 3.63) is 39.8 Å². The molecule has 3 aromatic heterocycles. The van der Waals surface area contributed by atoms with Gasteiger partial charge >= 0.3 is 11.6 Å². The summed E-state index contributed by atoms with van der Waals surface area (Å²) >= 11 is 16.8. The summed E-state index contributed by atoms with van der Waals surface area (Å²) in [6.07, 6.45) is -3.83. The number of halogens is 8. The van der Waals surface area contributed by atoms with Crippen LogP contribution in [0.15, 0.2) is 18.3 Å². The Hall–Kier alpha value is -1.91. The van der Waals surface area contributed by atoms with Gasteiger partial charge in [0, 0.05) is 20.3 Å². The average Bonchev–Trinajstić information content (AvgIpc) is 2.91. The van der Waals surface area contributed by atoms with E-state index in [9.17, 15) is 22.0 Å². The van der Waals surface area contributed by atoms with Crippen LogP contribution in [0.1, 0.15) is 11.4 Å². The molecule has 0 aliphatic rings. The minimum Gasteiger partial charge on any atom is -0.362 e. The predicted molar refractivity (Wildman–Crippen MR) is 95.8 cm³/mol.